The zero-order chi connectivity index (χ0) is 13.6. The summed E-state index contributed by atoms with van der Waals surface area (Å²) in [6, 6.07) is 2.90. The van der Waals surface area contributed by atoms with Crippen molar-refractivity contribution >= 4 is 29.2 Å². The number of halogens is 1. The molecule has 1 aliphatic heterocycles. The van der Waals surface area contributed by atoms with Crippen LogP contribution >= 0.6 is 12.2 Å². The third-order valence-electron chi connectivity index (χ3n) is 3.31. The van der Waals surface area contributed by atoms with Gasteiger partial charge in [-0.3, -0.25) is 4.79 Å². The number of nitrogens with one attached hydrogen (secondary N) is 2. The van der Waals surface area contributed by atoms with E-state index in [0.29, 0.717) is 23.3 Å². The van der Waals surface area contributed by atoms with Crippen molar-refractivity contribution in [1.29, 1.82) is 0 Å². The second-order valence-electron chi connectivity index (χ2n) is 4.47. The highest BCUT2D eigenvalue weighted by molar-refractivity contribution is 7.71. The Morgan fingerprint density at radius 1 is 1.53 bits per heavy atom. The van der Waals surface area contributed by atoms with Crippen LogP contribution in [-0.4, -0.2) is 29.1 Å². The molecule has 3 rings (SSSR count). The van der Waals surface area contributed by atoms with Gasteiger partial charge in [-0.2, -0.15) is 0 Å². The van der Waals surface area contributed by atoms with Gasteiger partial charge in [0.2, 0.25) is 5.91 Å². The maximum atomic E-state index is 13.6. The van der Waals surface area contributed by atoms with Crippen LogP contribution in [-0.2, 0) is 4.79 Å². The molecule has 5 nitrogen and oxygen atoms in total. The number of carbonyl (C=O) groups excluding carboxylic acids is 1. The third kappa shape index (κ3) is 1.90. The van der Waals surface area contributed by atoms with Crippen molar-refractivity contribution in [2.75, 3.05) is 13.7 Å². The summed E-state index contributed by atoms with van der Waals surface area (Å²) in [5.74, 6) is -0.290. The molecule has 2 heterocycles. The summed E-state index contributed by atoms with van der Waals surface area (Å²) in [6.45, 7) is 0.528. The van der Waals surface area contributed by atoms with Crippen LogP contribution in [0, 0.1) is 10.6 Å². The Morgan fingerprint density at radius 2 is 2.32 bits per heavy atom. The minimum absolute atomic E-state index is 0.00433. The molecular formula is C12H12FN3O2S. The van der Waals surface area contributed by atoms with Gasteiger partial charge in [-0.05, 0) is 12.2 Å². The van der Waals surface area contributed by atoms with Gasteiger partial charge in [0, 0.05) is 25.1 Å². The fraction of sp³-hybridized carbons (Fsp3) is 0.333. The molecule has 100 valence electrons. The van der Waals surface area contributed by atoms with Crippen molar-refractivity contribution in [1.82, 2.24) is 14.9 Å². The molecule has 0 aliphatic carbocycles. The van der Waals surface area contributed by atoms with Crippen LogP contribution in [0.2, 0.25) is 0 Å². The maximum absolute atomic E-state index is 13.6. The Kier molecular flexibility index (Phi) is 2.78. The van der Waals surface area contributed by atoms with E-state index in [9.17, 15) is 9.18 Å². The molecule has 0 radical (unpaired) electrons. The number of H-pyrrole nitrogens is 1. The van der Waals surface area contributed by atoms with Crippen molar-refractivity contribution in [3.05, 3.63) is 22.7 Å². The number of hydrogen-bond donors (Lipinski definition) is 2. The molecule has 1 aromatic heterocycles. The number of ether oxygens (including phenoxy) is 1. The molecule has 0 spiro atoms. The topological polar surface area (TPSA) is 59.0 Å². The molecule has 1 amide bonds. The third-order valence-corrected chi connectivity index (χ3v) is 3.61. The SMILES string of the molecule is COc1cc2c(cc1F)[nH]c(=S)n2C1CNC(=O)C1. The molecule has 19 heavy (non-hydrogen) atoms. The summed E-state index contributed by atoms with van der Waals surface area (Å²) >= 11 is 5.26. The van der Waals surface area contributed by atoms with E-state index in [2.05, 4.69) is 10.3 Å². The second kappa shape index (κ2) is 4.34. The highest BCUT2D eigenvalue weighted by Crippen LogP contribution is 2.28. The lowest BCUT2D eigenvalue weighted by atomic mass is 10.2. The van der Waals surface area contributed by atoms with Crippen LogP contribution in [0.3, 0.4) is 0 Å². The lowest BCUT2D eigenvalue weighted by Crippen LogP contribution is -2.15. The van der Waals surface area contributed by atoms with Gasteiger partial charge < -0.3 is 19.6 Å². The number of hydrogen-bond acceptors (Lipinski definition) is 3. The van der Waals surface area contributed by atoms with Crippen LogP contribution in [0.5, 0.6) is 5.75 Å². The van der Waals surface area contributed by atoms with E-state index in [1.54, 1.807) is 6.07 Å². The van der Waals surface area contributed by atoms with Gasteiger partial charge >= 0.3 is 0 Å². The summed E-state index contributed by atoms with van der Waals surface area (Å²) in [4.78, 5) is 14.3. The first-order chi connectivity index (χ1) is 9.10. The van der Waals surface area contributed by atoms with Crippen molar-refractivity contribution in [3.8, 4) is 5.75 Å². The molecule has 1 aromatic carbocycles. The number of nitrogens with zero attached hydrogens (tertiary/aromatic N) is 1. The summed E-state index contributed by atoms with van der Waals surface area (Å²) in [6.07, 6.45) is 0.376. The molecule has 1 atom stereocenters. The summed E-state index contributed by atoms with van der Waals surface area (Å²) in [5, 5.41) is 2.76. The molecule has 2 N–H and O–H groups in total. The van der Waals surface area contributed by atoms with E-state index < -0.39 is 5.82 Å². The van der Waals surface area contributed by atoms with Crippen LogP contribution in [0.1, 0.15) is 12.5 Å². The molecule has 0 saturated carbocycles. The number of benzene rings is 1. The lowest BCUT2D eigenvalue weighted by molar-refractivity contribution is -0.119. The Hall–Kier alpha value is -1.89. The van der Waals surface area contributed by atoms with Gasteiger partial charge in [-0.1, -0.05) is 0 Å². The minimum Gasteiger partial charge on any atom is -0.494 e. The number of aromatic amines is 1. The zero-order valence-corrected chi connectivity index (χ0v) is 11.0. The normalized spacial score (nSPS) is 18.8. The number of aromatic nitrogens is 2. The van der Waals surface area contributed by atoms with E-state index in [-0.39, 0.29) is 17.7 Å². The van der Waals surface area contributed by atoms with E-state index >= 15 is 0 Å². The summed E-state index contributed by atoms with van der Waals surface area (Å²) < 4.78 is 20.9. The lowest BCUT2D eigenvalue weighted by Gasteiger charge is -2.11. The van der Waals surface area contributed by atoms with Gasteiger partial charge in [0.05, 0.1) is 24.2 Å². The van der Waals surface area contributed by atoms with E-state index in [1.807, 2.05) is 4.57 Å². The quantitative estimate of drug-likeness (QED) is 0.827. The number of rotatable bonds is 2. The first-order valence-electron chi connectivity index (χ1n) is 5.84. The predicted molar refractivity (Wildman–Crippen MR) is 70.3 cm³/mol. The minimum atomic E-state index is -0.445. The standard InChI is InChI=1S/C12H12FN3O2S/c1-18-10-4-9-8(3-7(10)13)15-12(19)16(9)6-2-11(17)14-5-6/h3-4,6H,2,5H2,1H3,(H,14,17)(H,15,19). The number of amides is 1. The first-order valence-corrected chi connectivity index (χ1v) is 6.25. The van der Waals surface area contributed by atoms with Crippen molar-refractivity contribution in [2.45, 2.75) is 12.5 Å². The number of imidazole rings is 1. The fourth-order valence-corrected chi connectivity index (χ4v) is 2.78. The van der Waals surface area contributed by atoms with E-state index in [0.717, 1.165) is 5.52 Å². The Balaban J connectivity index is 2.21. The highest BCUT2D eigenvalue weighted by atomic mass is 32.1. The molecule has 2 aromatic rings. The van der Waals surface area contributed by atoms with Gasteiger partial charge in [0.15, 0.2) is 16.3 Å². The molecule has 0 bridgehead atoms. The van der Waals surface area contributed by atoms with Crippen molar-refractivity contribution < 1.29 is 13.9 Å². The largest absolute Gasteiger partial charge is 0.494 e. The van der Waals surface area contributed by atoms with Gasteiger partial charge in [-0.15, -0.1) is 0 Å². The number of fused-ring (bicyclic) bond motifs is 1. The zero-order valence-electron chi connectivity index (χ0n) is 10.2. The second-order valence-corrected chi connectivity index (χ2v) is 4.85. The van der Waals surface area contributed by atoms with Gasteiger partial charge in [0.1, 0.15) is 0 Å². The molecule has 7 heteroatoms. The van der Waals surface area contributed by atoms with Crippen LogP contribution < -0.4 is 10.1 Å². The Morgan fingerprint density at radius 3 is 2.95 bits per heavy atom. The number of methoxy groups -OCH3 is 1. The van der Waals surface area contributed by atoms with Crippen LogP contribution in [0.25, 0.3) is 11.0 Å². The monoisotopic (exact) mass is 281 g/mol. The predicted octanol–water partition coefficient (Wildman–Crippen LogP) is 1.91. The summed E-state index contributed by atoms with van der Waals surface area (Å²) in [5.41, 5.74) is 1.34. The summed E-state index contributed by atoms with van der Waals surface area (Å²) in [7, 11) is 1.41. The molecule has 1 fully saturated rings. The fourth-order valence-electron chi connectivity index (χ4n) is 2.42. The van der Waals surface area contributed by atoms with Gasteiger partial charge in [-0.25, -0.2) is 4.39 Å². The first kappa shape index (κ1) is 12.2. The molecular weight excluding hydrogens is 269 g/mol. The average Bonchev–Trinajstić information content (AvgIpc) is 2.90. The highest BCUT2D eigenvalue weighted by Gasteiger charge is 2.25. The Bertz CT molecular complexity index is 722. The van der Waals surface area contributed by atoms with Crippen molar-refractivity contribution in [2.24, 2.45) is 0 Å². The maximum Gasteiger partial charge on any atom is 0.222 e. The van der Waals surface area contributed by atoms with E-state index in [1.165, 1.54) is 13.2 Å². The number of carbonyl (C=O) groups is 1. The van der Waals surface area contributed by atoms with Gasteiger partial charge in [0.25, 0.3) is 0 Å². The van der Waals surface area contributed by atoms with Crippen LogP contribution in [0.4, 0.5) is 4.39 Å². The van der Waals surface area contributed by atoms with E-state index in [4.69, 9.17) is 17.0 Å². The van der Waals surface area contributed by atoms with Crippen LogP contribution in [0.15, 0.2) is 12.1 Å². The van der Waals surface area contributed by atoms with Crippen molar-refractivity contribution in [3.63, 3.8) is 0 Å². The Labute approximate surface area is 113 Å². The molecule has 1 saturated heterocycles. The average molecular weight is 281 g/mol. The molecule has 1 unspecified atom stereocenters. The molecule has 1 aliphatic rings. The smallest absolute Gasteiger partial charge is 0.222 e.